The quantitative estimate of drug-likeness (QED) is 0.0112. The molecule has 0 saturated carbocycles. The zero-order valence-corrected chi connectivity index (χ0v) is 75.7. The molecule has 7 aliphatic heterocycles. The molecular weight excluding hydrogens is 1850 g/mol. The van der Waals surface area contributed by atoms with Crippen LogP contribution in [0.25, 0.3) is 0 Å². The normalized spacial score (nSPS) is 18.8. The Labute approximate surface area is 772 Å². The molecular formula is C77H89Br2F6MgN10NaO29. The van der Waals surface area contributed by atoms with Gasteiger partial charge in [0, 0.05) is 114 Å². The third-order valence-electron chi connectivity index (χ3n) is 19.6. The van der Waals surface area contributed by atoms with Crippen molar-refractivity contribution < 1.29 is 210 Å². The molecule has 4 aromatic heterocycles. The molecule has 0 unspecified atom stereocenters. The molecule has 126 heavy (non-hydrogen) atoms. The van der Waals surface area contributed by atoms with Crippen LogP contribution in [0, 0.1) is 34.9 Å². The first-order chi connectivity index (χ1) is 57.4. The summed E-state index contributed by atoms with van der Waals surface area (Å²) < 4.78 is 146. The number of methoxy groups -OCH3 is 6. The van der Waals surface area contributed by atoms with Crippen molar-refractivity contribution in [1.82, 2.24) is 44.8 Å². The fourth-order valence-corrected chi connectivity index (χ4v) is 13.6. The number of pyridine rings is 3. The number of likely N-dealkylation sites (N-methyl/N-ethyl adjacent to an activating group) is 2. The van der Waals surface area contributed by atoms with E-state index in [-0.39, 0.29) is 201 Å². The van der Waals surface area contributed by atoms with Gasteiger partial charge in [-0.25, -0.2) is 45.5 Å². The number of hydrogen-bond acceptors (Lipinski definition) is 30. The maximum absolute atomic E-state index is 13.9. The van der Waals surface area contributed by atoms with Crippen molar-refractivity contribution in [2.45, 2.75) is 121 Å². The monoisotopic (exact) mass is 1940 g/mol. The van der Waals surface area contributed by atoms with Gasteiger partial charge in [-0.2, -0.15) is 0 Å². The molecule has 0 radical (unpaired) electrons. The molecule has 0 aliphatic carbocycles. The van der Waals surface area contributed by atoms with E-state index in [0.717, 1.165) is 33.1 Å². The van der Waals surface area contributed by atoms with Gasteiger partial charge in [0.05, 0.1) is 111 Å². The summed E-state index contributed by atoms with van der Waals surface area (Å²) >= 11 is 0. The molecule has 2 aromatic carbocycles. The predicted octanol–water partition coefficient (Wildman–Crippen LogP) is -6.80. The second-order valence-electron chi connectivity index (χ2n) is 28.0. The Morgan fingerprint density at radius 2 is 0.952 bits per heavy atom. The average Bonchev–Trinajstić information content (AvgIpc) is 0.750. The zero-order valence-electron chi connectivity index (χ0n) is 69.1. The van der Waals surface area contributed by atoms with Gasteiger partial charge < -0.3 is 156 Å². The van der Waals surface area contributed by atoms with Crippen LogP contribution in [0.1, 0.15) is 167 Å². The van der Waals surface area contributed by atoms with E-state index in [1.165, 1.54) is 62.2 Å². The molecule has 13 rings (SSSR count). The number of hydrogen-bond donors (Lipinski definition) is 6. The molecule has 680 valence electrons. The number of nitrogens with one attached hydrogen (secondary N) is 4. The Morgan fingerprint density at radius 1 is 0.563 bits per heavy atom. The number of aromatic nitrogens is 3. The smallest absolute Gasteiger partial charge is 1.00 e. The summed E-state index contributed by atoms with van der Waals surface area (Å²) in [6.07, 6.45) is 6.63. The van der Waals surface area contributed by atoms with E-state index in [4.69, 9.17) is 58.1 Å². The summed E-state index contributed by atoms with van der Waals surface area (Å²) in [6, 6.07) is 0.193. The van der Waals surface area contributed by atoms with Crippen LogP contribution >= 0.6 is 0 Å². The van der Waals surface area contributed by atoms with Crippen molar-refractivity contribution in [3.05, 3.63) is 181 Å². The standard InChI is InChI=1S/C21H20F3N3O5.C20H18F3N3O5.C14H16N2O6.C10H20N2O3.C10H10O7.CH2O3.CH4.2BrH.Mg.Na/c1-26-16-9-32-4-3-15(16)27-8-12(18(28)19(31-2)17(27)21(26)30)20(29)25-7-11-13(23)5-10(22)6-14(11)24;1-25-15-8-31-3-2-14(15)26-7-11(17(27)18(28)16(26)20(25)30)19(29)24-6-10-12(22)4-9(21)5-13(10)23;1-20-12-10-13(18)15-8-6-22-4-3-9(8)16(10)5-7(11(12)17)14(19)21-2;1-10(2,3)15-9(13)12-8-6-14-5-4-7(8)11;1-14-7-6(11)5(9(12)15-2)4-17-8(7)10(13)16-3;2-1-4-3;;;;;/h5-6,8,15-16H,3-4,7,9H2,1-2H3,(H,25,29);4-5,7,14-15,28H,2-3,6,8H2,1H3,(H,24,29);5,8-9H,3-4,6H2,1-2H3,(H,15,18);7-8H,4-6,11H2,1-3H3,(H,12,13);4H,1-3H3;1,3H;1H4;2*1H;;/q;;;;;;;;;+2;+1/p-3/t15-,16+;14-,15+;8-,9+;7-,8+;;;;;;;/m1101......./s1. The fraction of sp³-hybridized carbons (Fsp3) is 0.455. The van der Waals surface area contributed by atoms with Crippen LogP contribution < -0.4 is 132 Å². The number of carbonyl (C=O) groups excluding carboxylic acids is 10. The molecule has 8 atom stereocenters. The number of benzene rings is 2. The first kappa shape index (κ1) is 110. The molecule has 0 bridgehead atoms. The number of halogens is 8. The van der Waals surface area contributed by atoms with E-state index < -0.39 is 163 Å². The number of aromatic hydroxyl groups is 1. The number of alkyl carbamates (subject to hydrolysis) is 1. The number of nitrogens with two attached hydrogens (primary N) is 1. The Morgan fingerprint density at radius 3 is 1.40 bits per heavy atom. The SMILES string of the molecule is C.CC(C)(C)OC(=O)N[C@H]1COCC[C@H]1N.CN1C(=O)c2c(O)c(=O)c(C(=O)NCc3c(F)cc(F)cc3F)cn2[C@@H]2CCOC[C@@H]21.COC(=O)c1cn2c(c(OC)c1=O)C(=O)N[C@H]1COCC[C@H]12.COC(=O)c1occ(C(=O)OC)c(=O)c1OC.COc1c2n(cc(C(=O)NCc3c(F)cc(F)cc3F)c1=O)[C@@H]1CCOC[C@@H]1N(C)C2=O.O=CO[O-].[Br-].[Br-].[Mg+2].[Na+]. The molecule has 49 heteroatoms. The van der Waals surface area contributed by atoms with Gasteiger partial charge in [0.2, 0.25) is 27.5 Å². The number of ether oxygens (including phenoxy) is 11. The topological polar surface area (TPSA) is 502 Å². The predicted molar refractivity (Wildman–Crippen MR) is 410 cm³/mol. The number of rotatable bonds is 14. The molecule has 7 N–H and O–H groups in total. The maximum atomic E-state index is 13.9. The van der Waals surface area contributed by atoms with Gasteiger partial charge in [0.15, 0.2) is 34.3 Å². The molecule has 4 saturated heterocycles. The van der Waals surface area contributed by atoms with E-state index in [9.17, 15) is 93.8 Å². The van der Waals surface area contributed by atoms with Crippen molar-refractivity contribution in [3.63, 3.8) is 0 Å². The zero-order chi connectivity index (χ0) is 89.3. The first-order valence-electron chi connectivity index (χ1n) is 36.4. The molecule has 6 amide bonds. The molecule has 0 spiro atoms. The maximum Gasteiger partial charge on any atom is 2.00 e. The van der Waals surface area contributed by atoms with Crippen molar-refractivity contribution in [2.75, 3.05) is 110 Å². The van der Waals surface area contributed by atoms with Gasteiger partial charge in [-0.05, 0) is 46.5 Å². The van der Waals surface area contributed by atoms with Gasteiger partial charge in [-0.3, -0.25) is 47.9 Å². The summed E-state index contributed by atoms with van der Waals surface area (Å²) in [6.45, 7) is 7.45. The minimum absolute atomic E-state index is 0. The summed E-state index contributed by atoms with van der Waals surface area (Å²) in [7, 11) is 10.2. The van der Waals surface area contributed by atoms with Gasteiger partial charge in [-0.15, -0.1) is 0 Å². The van der Waals surface area contributed by atoms with Crippen molar-refractivity contribution in [1.29, 1.82) is 0 Å². The van der Waals surface area contributed by atoms with Crippen LogP contribution in [0.4, 0.5) is 31.1 Å². The number of amides is 6. The minimum Gasteiger partial charge on any atom is -1.00 e. The second-order valence-corrected chi connectivity index (χ2v) is 28.0. The van der Waals surface area contributed by atoms with E-state index in [1.807, 2.05) is 20.8 Å². The van der Waals surface area contributed by atoms with Gasteiger partial charge in [0.1, 0.15) is 69.0 Å². The summed E-state index contributed by atoms with van der Waals surface area (Å²) in [5.41, 5.74) is -0.586. The third-order valence-corrected chi connectivity index (χ3v) is 19.6. The largest absolute Gasteiger partial charge is 2.00 e. The fourth-order valence-electron chi connectivity index (χ4n) is 13.6. The second kappa shape index (κ2) is 49.4. The Kier molecular flexibility index (Phi) is 43.2. The number of fused-ring (bicyclic) bond motifs is 9. The van der Waals surface area contributed by atoms with Gasteiger partial charge in [-0.1, -0.05) is 7.43 Å². The number of carbonyl (C=O) groups is 10. The van der Waals surface area contributed by atoms with Crippen LogP contribution in [-0.4, -0.2) is 257 Å². The Bertz CT molecular complexity index is 5180. The molecule has 6 aromatic rings. The third kappa shape index (κ3) is 25.5. The summed E-state index contributed by atoms with van der Waals surface area (Å²) in [5.74, 6) is -15.0. The molecule has 7 aliphatic rings. The van der Waals surface area contributed by atoms with Crippen LogP contribution in [0.5, 0.6) is 23.0 Å². The van der Waals surface area contributed by atoms with Gasteiger partial charge in [0.25, 0.3) is 41.8 Å². The van der Waals surface area contributed by atoms with Crippen molar-refractivity contribution >= 4 is 83.1 Å². The van der Waals surface area contributed by atoms with Crippen LogP contribution in [0.3, 0.4) is 0 Å². The molecule has 4 fully saturated rings. The molecule has 39 nitrogen and oxygen atoms in total. The van der Waals surface area contributed by atoms with E-state index in [0.29, 0.717) is 89.8 Å². The van der Waals surface area contributed by atoms with E-state index in [1.54, 1.807) is 16.2 Å². The Balaban J connectivity index is 0.000000409. The van der Waals surface area contributed by atoms with Gasteiger partial charge >= 0.3 is 76.6 Å². The number of nitrogens with zero attached hydrogens (tertiary/aromatic N) is 5. The first-order valence-corrected chi connectivity index (χ1v) is 36.4. The minimum atomic E-state index is -1.19. The van der Waals surface area contributed by atoms with Crippen LogP contribution in [0.2, 0.25) is 0 Å². The number of esters is 3. The van der Waals surface area contributed by atoms with Crippen LogP contribution in [-0.2, 0) is 60.7 Å². The van der Waals surface area contributed by atoms with E-state index >= 15 is 0 Å². The van der Waals surface area contributed by atoms with Crippen molar-refractivity contribution in [2.24, 2.45) is 5.73 Å². The summed E-state index contributed by atoms with van der Waals surface area (Å²) in [5, 5.41) is 28.8. The average molecular weight is 1940 g/mol. The van der Waals surface area contributed by atoms with Crippen molar-refractivity contribution in [3.8, 4) is 23.0 Å². The van der Waals surface area contributed by atoms with E-state index in [2.05, 4.69) is 40.4 Å². The Hall–Kier alpha value is -9.99. The summed E-state index contributed by atoms with van der Waals surface area (Å²) in [4.78, 5) is 173. The van der Waals surface area contributed by atoms with Crippen LogP contribution in [0.15, 0.2) is 72.7 Å². The molecule has 11 heterocycles.